The van der Waals surface area contributed by atoms with E-state index in [9.17, 15) is 14.7 Å². The molecule has 0 saturated carbocycles. The minimum atomic E-state index is -0.637. The number of phenols is 1. The maximum absolute atomic E-state index is 12.2. The molecule has 0 aromatic heterocycles. The molecule has 1 aromatic rings. The molecule has 0 aliphatic carbocycles. The number of carbonyl (C=O) groups excluding carboxylic acids is 2. The molecule has 1 heterocycles. The minimum absolute atomic E-state index is 0.00171. The van der Waals surface area contributed by atoms with E-state index in [0.29, 0.717) is 24.2 Å². The summed E-state index contributed by atoms with van der Waals surface area (Å²) < 4.78 is 11.0. The molecule has 1 saturated heterocycles. The quantitative estimate of drug-likeness (QED) is 0.597. The van der Waals surface area contributed by atoms with Gasteiger partial charge >= 0.3 is 5.97 Å². The van der Waals surface area contributed by atoms with Crippen LogP contribution >= 0.6 is 15.9 Å². The lowest BCUT2D eigenvalue weighted by molar-refractivity contribution is 0.0194. The van der Waals surface area contributed by atoms with Crippen molar-refractivity contribution in [2.24, 2.45) is 0 Å². The molecule has 1 aliphatic heterocycles. The summed E-state index contributed by atoms with van der Waals surface area (Å²) in [5, 5.41) is 10.2. The third-order valence-corrected chi connectivity index (χ3v) is 4.12. The normalized spacial score (nSPS) is 15.4. The molecule has 23 heavy (non-hydrogen) atoms. The Hall–Kier alpha value is -1.44. The van der Waals surface area contributed by atoms with Gasteiger partial charge in [-0.1, -0.05) is 22.9 Å². The molecule has 126 valence electrons. The molecule has 2 rings (SSSR count). The van der Waals surface area contributed by atoms with Crippen LogP contribution in [0.2, 0.25) is 0 Å². The molecular formula is C16H20BrNO5. The van der Waals surface area contributed by atoms with Gasteiger partial charge in [0.15, 0.2) is 5.78 Å². The zero-order valence-electron chi connectivity index (χ0n) is 13.0. The highest BCUT2D eigenvalue weighted by molar-refractivity contribution is 9.10. The van der Waals surface area contributed by atoms with Crippen molar-refractivity contribution in [1.29, 1.82) is 0 Å². The van der Waals surface area contributed by atoms with Crippen LogP contribution in [-0.4, -0.2) is 61.2 Å². The topological polar surface area (TPSA) is 76.1 Å². The van der Waals surface area contributed by atoms with E-state index in [-0.39, 0.29) is 35.7 Å². The molecule has 0 radical (unpaired) electrons. The molecule has 1 N–H and O–H groups in total. The van der Waals surface area contributed by atoms with E-state index in [2.05, 4.69) is 20.8 Å². The number of morpholine rings is 1. The Morgan fingerprint density at radius 3 is 2.61 bits per heavy atom. The summed E-state index contributed by atoms with van der Waals surface area (Å²) >= 11 is 3.25. The standard InChI is InChI=1S/C16H20BrNO5/c1-2-14(19)12-9-11(17)10-13(15(12)20)16(21)23-8-5-18-3-6-22-7-4-18/h9-10,20H,2-8H2,1H3. The zero-order valence-corrected chi connectivity index (χ0v) is 14.6. The van der Waals surface area contributed by atoms with Crippen LogP contribution in [0.3, 0.4) is 0 Å². The predicted octanol–water partition coefficient (Wildman–Crippen LogP) is 2.24. The van der Waals surface area contributed by atoms with Crippen molar-refractivity contribution in [2.45, 2.75) is 13.3 Å². The highest BCUT2D eigenvalue weighted by atomic mass is 79.9. The van der Waals surface area contributed by atoms with E-state index in [0.717, 1.165) is 13.1 Å². The highest BCUT2D eigenvalue weighted by Gasteiger charge is 2.20. The van der Waals surface area contributed by atoms with E-state index >= 15 is 0 Å². The lowest BCUT2D eigenvalue weighted by atomic mass is 10.0. The van der Waals surface area contributed by atoms with Gasteiger partial charge in [-0.15, -0.1) is 0 Å². The van der Waals surface area contributed by atoms with Gasteiger partial charge in [0.25, 0.3) is 0 Å². The second-order valence-corrected chi connectivity index (χ2v) is 6.13. The number of hydrogen-bond donors (Lipinski definition) is 1. The summed E-state index contributed by atoms with van der Waals surface area (Å²) in [5.41, 5.74) is 0.125. The maximum atomic E-state index is 12.2. The van der Waals surface area contributed by atoms with Crippen LogP contribution in [0.1, 0.15) is 34.1 Å². The van der Waals surface area contributed by atoms with Crippen LogP contribution in [0.4, 0.5) is 0 Å². The minimum Gasteiger partial charge on any atom is -0.506 e. The summed E-state index contributed by atoms with van der Waals surface area (Å²) in [6.07, 6.45) is 0.246. The van der Waals surface area contributed by atoms with E-state index in [1.165, 1.54) is 12.1 Å². The fourth-order valence-corrected chi connectivity index (χ4v) is 2.79. The smallest absolute Gasteiger partial charge is 0.342 e. The van der Waals surface area contributed by atoms with Crippen LogP contribution in [0.15, 0.2) is 16.6 Å². The maximum Gasteiger partial charge on any atom is 0.342 e. The highest BCUT2D eigenvalue weighted by Crippen LogP contribution is 2.29. The average molecular weight is 386 g/mol. The lowest BCUT2D eigenvalue weighted by Gasteiger charge is -2.26. The molecule has 0 amide bonds. The first kappa shape index (κ1) is 17.9. The number of rotatable bonds is 6. The van der Waals surface area contributed by atoms with Gasteiger partial charge in [0, 0.05) is 30.5 Å². The van der Waals surface area contributed by atoms with E-state index < -0.39 is 5.97 Å². The molecular weight excluding hydrogens is 366 g/mol. The summed E-state index contributed by atoms with van der Waals surface area (Å²) in [6, 6.07) is 2.96. The van der Waals surface area contributed by atoms with Crippen LogP contribution in [-0.2, 0) is 9.47 Å². The number of carbonyl (C=O) groups is 2. The summed E-state index contributed by atoms with van der Waals surface area (Å²) in [6.45, 7) is 5.53. The third-order valence-electron chi connectivity index (χ3n) is 3.66. The first-order chi connectivity index (χ1) is 11.0. The Kier molecular flexibility index (Phi) is 6.56. The second kappa shape index (κ2) is 8.42. The fourth-order valence-electron chi connectivity index (χ4n) is 2.33. The van der Waals surface area contributed by atoms with Crippen LogP contribution in [0, 0.1) is 0 Å². The number of Topliss-reactive ketones (excluding diaryl/α,β-unsaturated/α-hetero) is 1. The number of aromatic hydroxyl groups is 1. The number of benzene rings is 1. The monoisotopic (exact) mass is 385 g/mol. The second-order valence-electron chi connectivity index (χ2n) is 5.22. The van der Waals surface area contributed by atoms with Crippen molar-refractivity contribution >= 4 is 27.7 Å². The number of phenolic OH excluding ortho intramolecular Hbond substituents is 1. The van der Waals surface area contributed by atoms with Crippen molar-refractivity contribution in [2.75, 3.05) is 39.5 Å². The van der Waals surface area contributed by atoms with Gasteiger partial charge in [0.1, 0.15) is 17.9 Å². The number of halogens is 1. The van der Waals surface area contributed by atoms with Gasteiger partial charge in [-0.05, 0) is 12.1 Å². The van der Waals surface area contributed by atoms with E-state index in [1.807, 2.05) is 0 Å². The lowest BCUT2D eigenvalue weighted by Crippen LogP contribution is -2.38. The van der Waals surface area contributed by atoms with Crippen LogP contribution in [0.5, 0.6) is 5.75 Å². The molecule has 1 aliphatic rings. The van der Waals surface area contributed by atoms with E-state index in [4.69, 9.17) is 9.47 Å². The summed E-state index contributed by atoms with van der Waals surface area (Å²) in [4.78, 5) is 26.1. The number of ether oxygens (including phenoxy) is 2. The van der Waals surface area contributed by atoms with E-state index in [1.54, 1.807) is 6.92 Å². The molecule has 0 bridgehead atoms. The Morgan fingerprint density at radius 1 is 1.30 bits per heavy atom. The number of ketones is 1. The zero-order chi connectivity index (χ0) is 16.8. The first-order valence-corrected chi connectivity index (χ1v) is 8.35. The molecule has 1 aromatic carbocycles. The predicted molar refractivity (Wildman–Crippen MR) is 88.0 cm³/mol. The Bertz CT molecular complexity index is 584. The fraction of sp³-hybridized carbons (Fsp3) is 0.500. The first-order valence-electron chi connectivity index (χ1n) is 7.56. The van der Waals surface area contributed by atoms with Crippen molar-refractivity contribution in [3.05, 3.63) is 27.7 Å². The van der Waals surface area contributed by atoms with Gasteiger partial charge in [0.2, 0.25) is 0 Å². The molecule has 0 spiro atoms. The van der Waals surface area contributed by atoms with Crippen molar-refractivity contribution < 1.29 is 24.2 Å². The Balaban J connectivity index is 2.01. The Labute approximate surface area is 143 Å². The SMILES string of the molecule is CCC(=O)c1cc(Br)cc(C(=O)OCCN2CCOCC2)c1O. The molecule has 6 nitrogen and oxygen atoms in total. The van der Waals surface area contributed by atoms with Crippen LogP contribution in [0.25, 0.3) is 0 Å². The van der Waals surface area contributed by atoms with Crippen molar-refractivity contribution in [3.8, 4) is 5.75 Å². The molecule has 0 atom stereocenters. The van der Waals surface area contributed by atoms with Crippen molar-refractivity contribution in [1.82, 2.24) is 4.90 Å². The van der Waals surface area contributed by atoms with Gasteiger partial charge in [0.05, 0.1) is 18.8 Å². The van der Waals surface area contributed by atoms with Crippen molar-refractivity contribution in [3.63, 3.8) is 0 Å². The molecule has 0 unspecified atom stereocenters. The van der Waals surface area contributed by atoms with Crippen LogP contribution < -0.4 is 0 Å². The van der Waals surface area contributed by atoms with Gasteiger partial charge < -0.3 is 14.6 Å². The molecule has 7 heteroatoms. The number of nitrogens with zero attached hydrogens (tertiary/aromatic N) is 1. The van der Waals surface area contributed by atoms with Gasteiger partial charge in [-0.2, -0.15) is 0 Å². The number of esters is 1. The average Bonchev–Trinajstić information content (AvgIpc) is 2.56. The largest absolute Gasteiger partial charge is 0.506 e. The third kappa shape index (κ3) is 4.76. The Morgan fingerprint density at radius 2 is 1.96 bits per heavy atom. The summed E-state index contributed by atoms with van der Waals surface area (Å²) in [7, 11) is 0. The van der Waals surface area contributed by atoms with Gasteiger partial charge in [-0.3, -0.25) is 9.69 Å². The van der Waals surface area contributed by atoms with Gasteiger partial charge in [-0.25, -0.2) is 4.79 Å². The number of hydrogen-bond acceptors (Lipinski definition) is 6. The molecule has 1 fully saturated rings. The summed E-state index contributed by atoms with van der Waals surface area (Å²) in [5.74, 6) is -1.19.